The third kappa shape index (κ3) is 9.49. The second-order valence-electron chi connectivity index (χ2n) is 3.99. The molecule has 1 amide bonds. The van der Waals surface area contributed by atoms with Crippen LogP contribution in [0, 0.1) is 0 Å². The molecule has 0 bridgehead atoms. The summed E-state index contributed by atoms with van der Waals surface area (Å²) in [6.07, 6.45) is 7.88. The summed E-state index contributed by atoms with van der Waals surface area (Å²) >= 11 is 0. The molecule has 0 aromatic rings. The molecule has 0 saturated carbocycles. The number of unbranched alkanes of at least 4 members (excludes halogenated alkanes) is 4. The highest BCUT2D eigenvalue weighted by atomic mass is 16.4. The molecule has 0 spiro atoms. The molecule has 93 valence electrons. The molecular formula is C12H22NO3. The van der Waals surface area contributed by atoms with Crippen LogP contribution in [0.25, 0.3) is 0 Å². The van der Waals surface area contributed by atoms with Crippen LogP contribution in [0.3, 0.4) is 0 Å². The molecule has 0 aliphatic heterocycles. The molecule has 0 atom stereocenters. The minimum absolute atomic E-state index is 0.223. The van der Waals surface area contributed by atoms with Gasteiger partial charge in [0.15, 0.2) is 0 Å². The van der Waals surface area contributed by atoms with E-state index in [1.165, 1.54) is 0 Å². The van der Waals surface area contributed by atoms with Crippen LogP contribution in [0.4, 0.5) is 0 Å². The Kier molecular flexibility index (Phi) is 9.76. The van der Waals surface area contributed by atoms with Gasteiger partial charge < -0.3 is 10.0 Å². The van der Waals surface area contributed by atoms with Crippen molar-refractivity contribution in [3.8, 4) is 0 Å². The molecule has 0 heterocycles. The minimum Gasteiger partial charge on any atom is -0.481 e. The van der Waals surface area contributed by atoms with Gasteiger partial charge in [-0.05, 0) is 19.3 Å². The normalized spacial score (nSPS) is 10.1. The van der Waals surface area contributed by atoms with E-state index in [1.54, 1.807) is 4.90 Å². The Morgan fingerprint density at radius 2 is 1.75 bits per heavy atom. The predicted octanol–water partition coefficient (Wildman–Crippen LogP) is 2.19. The smallest absolute Gasteiger partial charge is 0.312 e. The van der Waals surface area contributed by atoms with Crippen molar-refractivity contribution in [3.63, 3.8) is 0 Å². The van der Waals surface area contributed by atoms with Gasteiger partial charge in [0.1, 0.15) is 0 Å². The number of carboxylic acids is 1. The van der Waals surface area contributed by atoms with Crippen molar-refractivity contribution in [1.82, 2.24) is 4.90 Å². The van der Waals surface area contributed by atoms with Crippen LogP contribution in [0.15, 0.2) is 0 Å². The van der Waals surface area contributed by atoms with Gasteiger partial charge in [0.25, 0.3) is 0 Å². The SMILES string of the molecule is CCCCCN([C]=O)CCCCCC(=O)O. The van der Waals surface area contributed by atoms with Crippen molar-refractivity contribution in [1.29, 1.82) is 0 Å². The summed E-state index contributed by atoms with van der Waals surface area (Å²) in [4.78, 5) is 22.5. The van der Waals surface area contributed by atoms with Gasteiger partial charge in [0.05, 0.1) is 0 Å². The molecule has 4 heteroatoms. The Labute approximate surface area is 97.6 Å². The van der Waals surface area contributed by atoms with Crippen molar-refractivity contribution in [2.45, 2.75) is 51.9 Å². The van der Waals surface area contributed by atoms with Crippen molar-refractivity contribution in [2.75, 3.05) is 13.1 Å². The zero-order valence-corrected chi connectivity index (χ0v) is 10.1. The van der Waals surface area contributed by atoms with Gasteiger partial charge in [-0.3, -0.25) is 9.59 Å². The van der Waals surface area contributed by atoms with Crippen LogP contribution < -0.4 is 0 Å². The number of carboxylic acid groups (broad SMARTS) is 1. The predicted molar refractivity (Wildman–Crippen MR) is 62.9 cm³/mol. The summed E-state index contributed by atoms with van der Waals surface area (Å²) in [5.74, 6) is -0.748. The summed E-state index contributed by atoms with van der Waals surface area (Å²) in [5.41, 5.74) is 0. The van der Waals surface area contributed by atoms with Gasteiger partial charge >= 0.3 is 12.4 Å². The molecule has 0 aliphatic rings. The summed E-state index contributed by atoms with van der Waals surface area (Å²) in [6.45, 7) is 3.60. The standard InChI is InChI=1S/C12H22NO3/c1-2-3-6-9-13(11-14)10-7-4-5-8-12(15)16/h2-10H2,1H3,(H,15,16). The lowest BCUT2D eigenvalue weighted by Crippen LogP contribution is -2.24. The highest BCUT2D eigenvalue weighted by Gasteiger charge is 2.02. The second kappa shape index (κ2) is 10.5. The quantitative estimate of drug-likeness (QED) is 0.435. The zero-order valence-electron chi connectivity index (χ0n) is 10.1. The molecule has 1 N–H and O–H groups in total. The Balaban J connectivity index is 3.40. The molecule has 0 aliphatic carbocycles. The van der Waals surface area contributed by atoms with E-state index in [4.69, 9.17) is 5.11 Å². The molecule has 0 unspecified atom stereocenters. The number of hydrogen-bond acceptors (Lipinski definition) is 2. The van der Waals surface area contributed by atoms with Gasteiger partial charge in [0.2, 0.25) is 0 Å². The van der Waals surface area contributed by atoms with Crippen molar-refractivity contribution in [3.05, 3.63) is 0 Å². The molecule has 0 saturated heterocycles. The van der Waals surface area contributed by atoms with E-state index in [9.17, 15) is 9.59 Å². The Morgan fingerprint density at radius 1 is 1.12 bits per heavy atom. The molecule has 4 nitrogen and oxygen atoms in total. The van der Waals surface area contributed by atoms with Gasteiger partial charge in [-0.2, -0.15) is 0 Å². The second-order valence-corrected chi connectivity index (χ2v) is 3.99. The van der Waals surface area contributed by atoms with Crippen molar-refractivity contribution >= 4 is 12.4 Å². The van der Waals surface area contributed by atoms with Crippen LogP contribution >= 0.6 is 0 Å². The van der Waals surface area contributed by atoms with E-state index in [0.717, 1.165) is 38.6 Å². The largest absolute Gasteiger partial charge is 0.481 e. The van der Waals surface area contributed by atoms with Crippen LogP contribution in [0.1, 0.15) is 51.9 Å². The van der Waals surface area contributed by atoms with Crippen molar-refractivity contribution < 1.29 is 14.7 Å². The molecule has 1 radical (unpaired) electrons. The van der Waals surface area contributed by atoms with Gasteiger partial charge in [-0.15, -0.1) is 0 Å². The first-order chi connectivity index (χ1) is 7.70. The van der Waals surface area contributed by atoms with Crippen molar-refractivity contribution in [2.24, 2.45) is 0 Å². The number of hydrogen-bond donors (Lipinski definition) is 1. The lowest BCUT2D eigenvalue weighted by Gasteiger charge is -2.15. The Bertz CT molecular complexity index is 195. The first kappa shape index (κ1) is 14.9. The average molecular weight is 228 g/mol. The lowest BCUT2D eigenvalue weighted by atomic mass is 10.2. The van der Waals surface area contributed by atoms with Gasteiger partial charge in [-0.1, -0.05) is 26.2 Å². The third-order valence-corrected chi connectivity index (χ3v) is 2.48. The fourth-order valence-corrected chi connectivity index (χ4v) is 1.51. The van der Waals surface area contributed by atoms with Gasteiger partial charge in [-0.25, -0.2) is 0 Å². The zero-order chi connectivity index (χ0) is 12.2. The molecule has 0 aromatic heterocycles. The van der Waals surface area contributed by atoms with Gasteiger partial charge in [0, 0.05) is 19.5 Å². The molecule has 0 aromatic carbocycles. The maximum Gasteiger partial charge on any atom is 0.312 e. The topological polar surface area (TPSA) is 57.6 Å². The Hall–Kier alpha value is -1.06. The number of rotatable bonds is 11. The van der Waals surface area contributed by atoms with Crippen LogP contribution in [-0.2, 0) is 9.59 Å². The highest BCUT2D eigenvalue weighted by molar-refractivity contribution is 5.66. The number of amides is 1. The summed E-state index contributed by atoms with van der Waals surface area (Å²) < 4.78 is 0. The number of carbonyl (C=O) groups excluding carboxylic acids is 1. The molecule has 0 fully saturated rings. The summed E-state index contributed by atoms with van der Waals surface area (Å²) in [5, 5.41) is 8.44. The highest BCUT2D eigenvalue weighted by Crippen LogP contribution is 2.03. The Morgan fingerprint density at radius 3 is 2.25 bits per heavy atom. The fraction of sp³-hybridized carbons (Fsp3) is 0.833. The van der Waals surface area contributed by atoms with Crippen LogP contribution in [-0.4, -0.2) is 35.5 Å². The minimum atomic E-state index is -0.748. The van der Waals surface area contributed by atoms with Crippen LogP contribution in [0.5, 0.6) is 0 Å². The third-order valence-electron chi connectivity index (χ3n) is 2.48. The van der Waals surface area contributed by atoms with E-state index < -0.39 is 5.97 Å². The first-order valence-electron chi connectivity index (χ1n) is 6.05. The summed E-state index contributed by atoms with van der Waals surface area (Å²) in [6, 6.07) is 0. The molecular weight excluding hydrogens is 206 g/mol. The maximum absolute atomic E-state index is 10.6. The van der Waals surface area contributed by atoms with Crippen LogP contribution in [0.2, 0.25) is 0 Å². The fourth-order valence-electron chi connectivity index (χ4n) is 1.51. The number of aliphatic carboxylic acids is 1. The van der Waals surface area contributed by atoms with E-state index in [2.05, 4.69) is 6.92 Å². The number of carbonyl (C=O) groups is 1. The van der Waals surface area contributed by atoms with E-state index in [1.807, 2.05) is 6.41 Å². The number of nitrogens with zero attached hydrogens (tertiary/aromatic N) is 1. The molecule has 0 rings (SSSR count). The average Bonchev–Trinajstić information content (AvgIpc) is 2.26. The monoisotopic (exact) mass is 228 g/mol. The lowest BCUT2D eigenvalue weighted by molar-refractivity contribution is -0.137. The molecule has 16 heavy (non-hydrogen) atoms. The van der Waals surface area contributed by atoms with E-state index in [0.29, 0.717) is 13.0 Å². The maximum atomic E-state index is 10.6. The van der Waals surface area contributed by atoms with E-state index in [-0.39, 0.29) is 6.42 Å². The van der Waals surface area contributed by atoms with E-state index >= 15 is 0 Å². The first-order valence-corrected chi connectivity index (χ1v) is 6.05. The summed E-state index contributed by atoms with van der Waals surface area (Å²) in [7, 11) is 0.